The van der Waals surface area contributed by atoms with Crippen LogP contribution in [0, 0.1) is 0 Å². The number of hydrogen-bond donors (Lipinski definition) is 4. The van der Waals surface area contributed by atoms with Gasteiger partial charge in [0.2, 0.25) is 11.9 Å². The van der Waals surface area contributed by atoms with Crippen molar-refractivity contribution in [3.63, 3.8) is 0 Å². The van der Waals surface area contributed by atoms with E-state index in [4.69, 9.17) is 29.5 Å². The summed E-state index contributed by atoms with van der Waals surface area (Å²) >= 11 is 8.20. The maximum Gasteiger partial charge on any atom is 0.294 e. The van der Waals surface area contributed by atoms with Crippen LogP contribution in [0.2, 0.25) is 0 Å². The van der Waals surface area contributed by atoms with Crippen molar-refractivity contribution in [3.8, 4) is 11.5 Å². The number of ether oxygens (including phenoxy) is 2. The van der Waals surface area contributed by atoms with Gasteiger partial charge >= 0.3 is 0 Å². The Balaban J connectivity index is 1.23. The van der Waals surface area contributed by atoms with Crippen LogP contribution in [0.15, 0.2) is 126 Å². The number of nitrogens with zero attached hydrogens (tertiary/aromatic N) is 11. The lowest BCUT2D eigenvalue weighted by atomic mass is 10.2. The normalized spacial score (nSPS) is 11.8. The second-order valence-electron chi connectivity index (χ2n) is 14.9. The lowest BCUT2D eigenvalue weighted by Crippen LogP contribution is -2.22. The summed E-state index contributed by atoms with van der Waals surface area (Å²) in [5, 5.41) is 28.5. The minimum Gasteiger partial charge on any atom is -0.494 e. The van der Waals surface area contributed by atoms with Gasteiger partial charge in [-0.1, -0.05) is 42.1 Å². The van der Waals surface area contributed by atoms with Gasteiger partial charge in [0.15, 0.2) is 15.2 Å². The van der Waals surface area contributed by atoms with Crippen molar-refractivity contribution in [2.75, 3.05) is 60.8 Å². The standard InChI is InChI=1S/C46H47N13O5S5/c1-7-58(8-2)38-22-34(36(24-40(38)63-5)52-54-42-30-18-16-28(65)20-32(30)56-67-42)47-44-49-45(51-46(50-44)66-26-27-14-12-11-13-15-27)48-35-23-39(59(9-3)10-4)41(64-6)25-37(35)53-55-43-31-19-17-29(69(60,61)62)21-33(31)57-68-43/h11-25,65H,7-10,26H2,1-6H3,(H,60,61,62)(H2,47,48,49,50,51). The van der Waals surface area contributed by atoms with Gasteiger partial charge in [0.25, 0.3) is 10.1 Å². The number of azo groups is 2. The number of thiol groups is 1. The molecule has 0 aliphatic carbocycles. The van der Waals surface area contributed by atoms with Crippen molar-refractivity contribution in [1.82, 2.24) is 23.7 Å². The molecule has 5 aromatic carbocycles. The summed E-state index contributed by atoms with van der Waals surface area (Å²) in [6, 6.07) is 27.3. The summed E-state index contributed by atoms with van der Waals surface area (Å²) in [5.74, 6) is 2.18. The van der Waals surface area contributed by atoms with Crippen LogP contribution in [0.4, 0.5) is 56.0 Å². The number of thioether (sulfide) groups is 1. The second kappa shape index (κ2) is 21.9. The minimum absolute atomic E-state index is 0.205. The Labute approximate surface area is 416 Å². The zero-order valence-corrected chi connectivity index (χ0v) is 42.4. The van der Waals surface area contributed by atoms with E-state index in [1.165, 1.54) is 41.5 Å². The molecule has 0 fully saturated rings. The van der Waals surface area contributed by atoms with Gasteiger partial charge in [0.1, 0.15) is 22.9 Å². The van der Waals surface area contributed by atoms with Gasteiger partial charge in [-0.2, -0.15) is 32.1 Å². The van der Waals surface area contributed by atoms with Crippen LogP contribution >= 0.6 is 47.5 Å². The zero-order chi connectivity index (χ0) is 48.7. The highest BCUT2D eigenvalue weighted by molar-refractivity contribution is 7.98. The van der Waals surface area contributed by atoms with E-state index in [0.29, 0.717) is 79.2 Å². The van der Waals surface area contributed by atoms with E-state index >= 15 is 0 Å². The van der Waals surface area contributed by atoms with Crippen molar-refractivity contribution >= 4 is 135 Å². The van der Waals surface area contributed by atoms with Gasteiger partial charge in [-0.3, -0.25) is 4.55 Å². The molecule has 356 valence electrons. The molecular formula is C46H47N13O5S5. The van der Waals surface area contributed by atoms with Crippen LogP contribution in [0.25, 0.3) is 21.8 Å². The highest BCUT2D eigenvalue weighted by atomic mass is 32.2. The summed E-state index contributed by atoms with van der Waals surface area (Å²) in [5.41, 5.74) is 5.76. The van der Waals surface area contributed by atoms with E-state index in [1.54, 1.807) is 20.3 Å². The molecule has 3 aromatic heterocycles. The molecule has 0 aliphatic rings. The topological polar surface area (TPSA) is 217 Å². The van der Waals surface area contributed by atoms with E-state index in [-0.39, 0.29) is 16.8 Å². The third kappa shape index (κ3) is 11.4. The lowest BCUT2D eigenvalue weighted by molar-refractivity contribution is 0.414. The SMILES string of the molecule is CCN(CC)c1cc(Nc2nc(Nc3cc(N(CC)CC)c(OC)cc3N=Nc3snc4cc(S(=O)(=O)O)ccc34)nc(SCc3ccccc3)n2)c(N=Nc2snc3cc(S)ccc23)cc1OC. The summed E-state index contributed by atoms with van der Waals surface area (Å²) in [7, 11) is -1.21. The third-order valence-electron chi connectivity index (χ3n) is 10.8. The lowest BCUT2D eigenvalue weighted by Gasteiger charge is -2.25. The zero-order valence-electron chi connectivity index (χ0n) is 38.3. The van der Waals surface area contributed by atoms with Crippen LogP contribution < -0.4 is 29.9 Å². The smallest absolute Gasteiger partial charge is 0.294 e. The predicted octanol–water partition coefficient (Wildman–Crippen LogP) is 12.9. The number of hydrogen-bond acceptors (Lipinski definition) is 21. The van der Waals surface area contributed by atoms with Gasteiger partial charge in [0.05, 0.1) is 52.9 Å². The predicted molar refractivity (Wildman–Crippen MR) is 280 cm³/mol. The molecular weight excluding hydrogens is 975 g/mol. The van der Waals surface area contributed by atoms with Gasteiger partial charge in [-0.15, -0.1) is 33.1 Å². The molecule has 69 heavy (non-hydrogen) atoms. The molecule has 0 bridgehead atoms. The monoisotopic (exact) mass is 1020 g/mol. The Morgan fingerprint density at radius 1 is 0.667 bits per heavy atom. The fourth-order valence-electron chi connectivity index (χ4n) is 7.26. The van der Waals surface area contributed by atoms with Crippen LogP contribution in [0.5, 0.6) is 11.5 Å². The molecule has 3 heterocycles. The number of nitrogens with one attached hydrogen (secondary N) is 2. The van der Waals surface area contributed by atoms with Crippen molar-refractivity contribution in [2.45, 2.75) is 48.4 Å². The summed E-state index contributed by atoms with van der Waals surface area (Å²) < 4.78 is 54.0. The summed E-state index contributed by atoms with van der Waals surface area (Å²) in [6.07, 6.45) is 0. The Morgan fingerprint density at radius 3 is 1.67 bits per heavy atom. The van der Waals surface area contributed by atoms with Crippen molar-refractivity contribution in [1.29, 1.82) is 0 Å². The van der Waals surface area contributed by atoms with Gasteiger partial charge in [0, 0.05) is 59.7 Å². The molecule has 0 amide bonds. The quantitative estimate of drug-likeness (QED) is 0.0242. The fraction of sp³-hybridized carbons (Fsp3) is 0.239. The molecule has 23 heteroatoms. The molecule has 3 N–H and O–H groups in total. The molecule has 0 unspecified atom stereocenters. The fourth-order valence-corrected chi connectivity index (χ4v) is 10.1. The number of anilines is 6. The highest BCUT2D eigenvalue weighted by Gasteiger charge is 2.21. The van der Waals surface area contributed by atoms with Gasteiger partial charge < -0.3 is 29.9 Å². The largest absolute Gasteiger partial charge is 0.494 e. The van der Waals surface area contributed by atoms with E-state index in [9.17, 15) is 13.0 Å². The molecule has 0 saturated carbocycles. The average Bonchev–Trinajstić information content (AvgIpc) is 3.96. The summed E-state index contributed by atoms with van der Waals surface area (Å²) in [4.78, 5) is 19.6. The number of methoxy groups -OCH3 is 2. The first-order valence-electron chi connectivity index (χ1n) is 21.6. The van der Waals surface area contributed by atoms with Crippen LogP contribution in [0.1, 0.15) is 33.3 Å². The third-order valence-corrected chi connectivity index (χ3v) is 14.4. The van der Waals surface area contributed by atoms with Crippen molar-refractivity contribution in [2.24, 2.45) is 20.5 Å². The van der Waals surface area contributed by atoms with E-state index in [0.717, 1.165) is 57.4 Å². The molecule has 18 nitrogen and oxygen atoms in total. The van der Waals surface area contributed by atoms with E-state index in [2.05, 4.69) is 84.8 Å². The van der Waals surface area contributed by atoms with Crippen LogP contribution in [0.3, 0.4) is 0 Å². The first-order chi connectivity index (χ1) is 33.4. The van der Waals surface area contributed by atoms with Gasteiger partial charge in [-0.25, -0.2) is 0 Å². The van der Waals surface area contributed by atoms with Crippen molar-refractivity contribution in [3.05, 3.63) is 96.6 Å². The molecule has 0 spiro atoms. The number of benzene rings is 5. The molecule has 0 radical (unpaired) electrons. The molecule has 0 atom stereocenters. The molecule has 0 aliphatic heterocycles. The molecule has 8 aromatic rings. The molecule has 0 saturated heterocycles. The van der Waals surface area contributed by atoms with E-state index in [1.807, 2.05) is 66.7 Å². The highest BCUT2D eigenvalue weighted by Crippen LogP contribution is 2.44. The summed E-state index contributed by atoms with van der Waals surface area (Å²) in [6.45, 7) is 11.1. The molecule has 8 rings (SSSR count). The Bertz CT molecular complexity index is 3290. The van der Waals surface area contributed by atoms with Crippen LogP contribution in [-0.2, 0) is 15.9 Å². The Morgan fingerprint density at radius 2 is 1.17 bits per heavy atom. The first-order valence-corrected chi connectivity index (χ1v) is 26.0. The minimum atomic E-state index is -4.43. The van der Waals surface area contributed by atoms with Crippen molar-refractivity contribution < 1.29 is 22.4 Å². The number of fused-ring (bicyclic) bond motifs is 2. The Kier molecular flexibility index (Phi) is 15.5. The maximum atomic E-state index is 11.8. The van der Waals surface area contributed by atoms with E-state index < -0.39 is 10.1 Å². The Hall–Kier alpha value is -6.50. The average molecular weight is 1020 g/mol. The van der Waals surface area contributed by atoms with Crippen LogP contribution in [-0.4, -0.2) is 77.1 Å². The second-order valence-corrected chi connectivity index (χ2v) is 19.3. The van der Waals surface area contributed by atoms with Gasteiger partial charge in [-0.05, 0) is 105 Å². The number of aromatic nitrogens is 5. The number of rotatable bonds is 20. The first kappa shape index (κ1) is 48.9. The maximum absolute atomic E-state index is 11.8.